The lowest BCUT2D eigenvalue weighted by molar-refractivity contribution is -0.384. The van der Waals surface area contributed by atoms with Gasteiger partial charge in [0, 0.05) is 23.4 Å². The minimum Gasteiger partial charge on any atom is -0.484 e. The number of oxazole rings is 1. The van der Waals surface area contributed by atoms with Gasteiger partial charge in [0.1, 0.15) is 11.3 Å². The molecule has 0 atom stereocenters. The standard InChI is InChI=1S/C23H18BrN3O5/c1-2-14-11-19(24)22-20(12-14)26-23(32-22)15-3-5-16(6-4-15)25-21(28)13-31-18-9-7-17(8-10-18)27(29)30/h3-12H,2,13H2,1H3,(H,25,28). The fraction of sp³-hybridized carbons (Fsp3) is 0.130. The number of benzene rings is 3. The van der Waals surface area contributed by atoms with Crippen molar-refractivity contribution in [3.8, 4) is 17.2 Å². The van der Waals surface area contributed by atoms with Crippen molar-refractivity contribution in [1.82, 2.24) is 4.98 Å². The van der Waals surface area contributed by atoms with Crippen molar-refractivity contribution in [2.75, 3.05) is 11.9 Å². The number of nitro groups is 1. The summed E-state index contributed by atoms with van der Waals surface area (Å²) in [5, 5.41) is 13.4. The molecule has 0 aliphatic rings. The Kier molecular flexibility index (Phi) is 6.18. The number of rotatable bonds is 7. The zero-order valence-electron chi connectivity index (χ0n) is 17.0. The lowest BCUT2D eigenvalue weighted by atomic mass is 10.1. The summed E-state index contributed by atoms with van der Waals surface area (Å²) in [5.41, 5.74) is 3.98. The number of nitro benzene ring substituents is 1. The number of hydrogen-bond acceptors (Lipinski definition) is 6. The van der Waals surface area contributed by atoms with Crippen LogP contribution in [-0.4, -0.2) is 22.4 Å². The van der Waals surface area contributed by atoms with Crippen molar-refractivity contribution in [2.45, 2.75) is 13.3 Å². The topological polar surface area (TPSA) is 108 Å². The van der Waals surface area contributed by atoms with Gasteiger partial charge in [-0.1, -0.05) is 6.92 Å². The van der Waals surface area contributed by atoms with Crippen molar-refractivity contribution in [2.24, 2.45) is 0 Å². The Morgan fingerprint density at radius 2 is 1.88 bits per heavy atom. The molecule has 0 spiro atoms. The molecule has 162 valence electrons. The van der Waals surface area contributed by atoms with Crippen LogP contribution in [0, 0.1) is 10.1 Å². The number of non-ortho nitro benzene ring substituents is 1. The molecule has 1 N–H and O–H groups in total. The lowest BCUT2D eigenvalue weighted by Crippen LogP contribution is -2.20. The molecule has 8 nitrogen and oxygen atoms in total. The zero-order chi connectivity index (χ0) is 22.7. The highest BCUT2D eigenvalue weighted by Crippen LogP contribution is 2.31. The van der Waals surface area contributed by atoms with Crippen molar-refractivity contribution in [1.29, 1.82) is 0 Å². The van der Waals surface area contributed by atoms with Crippen LogP contribution in [0.5, 0.6) is 5.75 Å². The molecule has 0 aliphatic carbocycles. The van der Waals surface area contributed by atoms with E-state index in [0.29, 0.717) is 22.9 Å². The molecule has 0 fully saturated rings. The van der Waals surface area contributed by atoms with Crippen molar-refractivity contribution >= 4 is 44.3 Å². The van der Waals surface area contributed by atoms with E-state index in [1.54, 1.807) is 12.1 Å². The van der Waals surface area contributed by atoms with E-state index in [1.807, 2.05) is 24.3 Å². The van der Waals surface area contributed by atoms with Crippen molar-refractivity contribution in [3.05, 3.63) is 80.8 Å². The van der Waals surface area contributed by atoms with Crippen LogP contribution in [0.1, 0.15) is 12.5 Å². The maximum Gasteiger partial charge on any atom is 0.269 e. The minimum atomic E-state index is -0.498. The van der Waals surface area contributed by atoms with E-state index in [0.717, 1.165) is 22.0 Å². The molecular formula is C23H18BrN3O5. The third-order valence-corrected chi connectivity index (χ3v) is 5.33. The van der Waals surface area contributed by atoms with E-state index < -0.39 is 4.92 Å². The number of aromatic nitrogens is 1. The van der Waals surface area contributed by atoms with Gasteiger partial charge >= 0.3 is 0 Å². The molecule has 0 unspecified atom stereocenters. The minimum absolute atomic E-state index is 0.0426. The van der Waals surface area contributed by atoms with Crippen LogP contribution in [0.25, 0.3) is 22.6 Å². The van der Waals surface area contributed by atoms with Gasteiger partial charge in [-0.2, -0.15) is 0 Å². The van der Waals surface area contributed by atoms with Crippen molar-refractivity contribution in [3.63, 3.8) is 0 Å². The SMILES string of the molecule is CCc1cc(Br)c2oc(-c3ccc(NC(=O)COc4ccc([N+](=O)[O-])cc4)cc3)nc2c1. The van der Waals surface area contributed by atoms with Crippen LogP contribution in [0.4, 0.5) is 11.4 Å². The molecule has 3 aromatic carbocycles. The molecule has 0 aliphatic heterocycles. The Labute approximate surface area is 191 Å². The zero-order valence-corrected chi connectivity index (χ0v) is 18.6. The van der Waals surface area contributed by atoms with Gasteiger partial charge in [-0.25, -0.2) is 4.98 Å². The fourth-order valence-corrected chi connectivity index (χ4v) is 3.66. The number of nitrogens with one attached hydrogen (secondary N) is 1. The summed E-state index contributed by atoms with van der Waals surface area (Å²) in [4.78, 5) is 26.9. The molecule has 4 aromatic rings. The highest BCUT2D eigenvalue weighted by atomic mass is 79.9. The third kappa shape index (κ3) is 4.78. The number of carbonyl (C=O) groups is 1. The molecule has 0 saturated carbocycles. The average molecular weight is 496 g/mol. The number of fused-ring (bicyclic) bond motifs is 1. The normalized spacial score (nSPS) is 10.8. The smallest absolute Gasteiger partial charge is 0.269 e. The largest absolute Gasteiger partial charge is 0.484 e. The highest BCUT2D eigenvalue weighted by molar-refractivity contribution is 9.10. The summed E-state index contributed by atoms with van der Waals surface area (Å²) in [6, 6.07) is 16.7. The summed E-state index contributed by atoms with van der Waals surface area (Å²) in [6.07, 6.45) is 0.902. The first-order valence-electron chi connectivity index (χ1n) is 9.79. The number of hydrogen-bond donors (Lipinski definition) is 1. The van der Waals surface area contributed by atoms with Gasteiger partial charge in [-0.3, -0.25) is 14.9 Å². The Morgan fingerprint density at radius 1 is 1.16 bits per heavy atom. The molecule has 1 aromatic heterocycles. The Balaban J connectivity index is 1.39. The summed E-state index contributed by atoms with van der Waals surface area (Å²) in [5.74, 6) is 0.511. The predicted octanol–water partition coefficient (Wildman–Crippen LogP) is 5.75. The quantitative estimate of drug-likeness (QED) is 0.258. The van der Waals surface area contributed by atoms with E-state index in [-0.39, 0.29) is 18.2 Å². The lowest BCUT2D eigenvalue weighted by Gasteiger charge is -2.07. The van der Waals surface area contributed by atoms with E-state index in [2.05, 4.69) is 33.2 Å². The van der Waals surface area contributed by atoms with Crippen LogP contribution in [0.3, 0.4) is 0 Å². The second-order valence-electron chi connectivity index (χ2n) is 6.96. The Bertz CT molecular complexity index is 1280. The monoisotopic (exact) mass is 495 g/mol. The molecule has 0 radical (unpaired) electrons. The van der Waals surface area contributed by atoms with E-state index in [1.165, 1.54) is 29.8 Å². The predicted molar refractivity (Wildman–Crippen MR) is 124 cm³/mol. The second kappa shape index (κ2) is 9.19. The number of nitrogens with zero attached hydrogens (tertiary/aromatic N) is 2. The second-order valence-corrected chi connectivity index (χ2v) is 7.82. The van der Waals surface area contributed by atoms with Crippen LogP contribution in [0.2, 0.25) is 0 Å². The first-order chi connectivity index (χ1) is 15.4. The Morgan fingerprint density at radius 3 is 2.53 bits per heavy atom. The fourth-order valence-electron chi connectivity index (χ4n) is 3.08. The van der Waals surface area contributed by atoms with E-state index >= 15 is 0 Å². The van der Waals surface area contributed by atoms with Crippen LogP contribution in [0.15, 0.2) is 69.6 Å². The molecule has 4 rings (SSSR count). The molecule has 32 heavy (non-hydrogen) atoms. The first kappa shape index (κ1) is 21.5. The highest BCUT2D eigenvalue weighted by Gasteiger charge is 2.13. The summed E-state index contributed by atoms with van der Waals surface area (Å²) in [7, 11) is 0. The van der Waals surface area contributed by atoms with Crippen molar-refractivity contribution < 1.29 is 18.9 Å². The number of ether oxygens (including phenoxy) is 1. The number of halogens is 1. The van der Waals surface area contributed by atoms with Crippen LogP contribution >= 0.6 is 15.9 Å². The van der Waals surface area contributed by atoms with E-state index in [9.17, 15) is 14.9 Å². The molecule has 0 saturated heterocycles. The number of amides is 1. The number of aryl methyl sites for hydroxylation is 1. The van der Waals surface area contributed by atoms with Gasteiger partial charge in [0.05, 0.1) is 9.40 Å². The summed E-state index contributed by atoms with van der Waals surface area (Å²) < 4.78 is 12.1. The molecular weight excluding hydrogens is 478 g/mol. The molecule has 1 amide bonds. The Hall–Kier alpha value is -3.72. The van der Waals surface area contributed by atoms with Gasteiger partial charge in [0.15, 0.2) is 12.2 Å². The number of anilines is 1. The molecule has 9 heteroatoms. The molecule has 0 bridgehead atoms. The summed E-state index contributed by atoms with van der Waals surface area (Å²) in [6.45, 7) is 1.86. The average Bonchev–Trinajstić information content (AvgIpc) is 3.23. The van der Waals surface area contributed by atoms with Crippen LogP contribution in [-0.2, 0) is 11.2 Å². The number of carbonyl (C=O) groups excluding carboxylic acids is 1. The summed E-state index contributed by atoms with van der Waals surface area (Å²) >= 11 is 3.53. The van der Waals surface area contributed by atoms with E-state index in [4.69, 9.17) is 9.15 Å². The van der Waals surface area contributed by atoms with Gasteiger partial charge in [-0.05, 0) is 76.4 Å². The maximum absolute atomic E-state index is 12.2. The van der Waals surface area contributed by atoms with Gasteiger partial charge in [0.2, 0.25) is 5.89 Å². The third-order valence-electron chi connectivity index (χ3n) is 4.75. The van der Waals surface area contributed by atoms with Gasteiger partial charge in [0.25, 0.3) is 11.6 Å². The van der Waals surface area contributed by atoms with Gasteiger partial charge in [-0.15, -0.1) is 0 Å². The maximum atomic E-state index is 12.2. The first-order valence-corrected chi connectivity index (χ1v) is 10.6. The van der Waals surface area contributed by atoms with Crippen LogP contribution < -0.4 is 10.1 Å². The van der Waals surface area contributed by atoms with Gasteiger partial charge < -0.3 is 14.5 Å². The molecule has 1 heterocycles.